The van der Waals surface area contributed by atoms with Gasteiger partial charge in [-0.3, -0.25) is 9.59 Å². The molecule has 0 fully saturated rings. The second-order valence-corrected chi connectivity index (χ2v) is 11.5. The molecular weight excluding hydrogens is 492 g/mol. The number of carbonyl (C=O) groups is 2. The van der Waals surface area contributed by atoms with Gasteiger partial charge in [-0.2, -0.15) is 0 Å². The summed E-state index contributed by atoms with van der Waals surface area (Å²) in [7, 11) is 0. The average Bonchev–Trinajstić information content (AvgIpc) is 3.32. The Balaban J connectivity index is 1.74. The first kappa shape index (κ1) is 31.2. The molecule has 0 bridgehead atoms. The molecule has 4 atom stereocenters. The number of hydrogen-bond acceptors (Lipinski definition) is 5. The maximum atomic E-state index is 13.6. The van der Waals surface area contributed by atoms with Crippen LogP contribution in [0.1, 0.15) is 103 Å². The highest BCUT2D eigenvalue weighted by molar-refractivity contribution is 5.96. The Bertz CT molecular complexity index is 946. The minimum absolute atomic E-state index is 0.0166. The summed E-state index contributed by atoms with van der Waals surface area (Å²) in [5.74, 6) is 0.340. The number of nitrogens with one attached hydrogen (secondary N) is 1. The summed E-state index contributed by atoms with van der Waals surface area (Å²) in [6.45, 7) is 6.96. The van der Waals surface area contributed by atoms with E-state index in [0.717, 1.165) is 31.2 Å². The van der Waals surface area contributed by atoms with Crippen LogP contribution in [-0.2, 0) is 9.59 Å². The standard InChI is InChI=1S/C32H50N2O5/c1-4-5-6-7-8-9-10-11-12-17-28(36)34(20-18-23(2)3)26-22-25(32(38)33-19-21-35)29-24-15-13-14-16-27(24)39-31(29)30(26)37/h13-16,22-23,26,29-31,35,37H,4-12,17-21H2,1-3H3,(H,33,38). The minimum Gasteiger partial charge on any atom is -0.486 e. The van der Waals surface area contributed by atoms with Crippen LogP contribution in [0.25, 0.3) is 0 Å². The van der Waals surface area contributed by atoms with E-state index >= 15 is 0 Å². The van der Waals surface area contributed by atoms with Crippen molar-refractivity contribution in [3.05, 3.63) is 41.5 Å². The summed E-state index contributed by atoms with van der Waals surface area (Å²) in [6.07, 6.45) is 12.1. The SMILES string of the molecule is CCCCCCCCCCCC(=O)N(CCC(C)C)C1C=C(C(=O)NCCO)C2c3ccccc3OC2C1O. The van der Waals surface area contributed by atoms with Crippen LogP contribution < -0.4 is 10.1 Å². The molecule has 0 spiro atoms. The van der Waals surface area contributed by atoms with Crippen molar-refractivity contribution in [2.24, 2.45) is 5.92 Å². The van der Waals surface area contributed by atoms with Gasteiger partial charge < -0.3 is 25.2 Å². The third-order valence-electron chi connectivity index (χ3n) is 8.00. The zero-order valence-corrected chi connectivity index (χ0v) is 24.2. The Morgan fingerprint density at radius 2 is 1.69 bits per heavy atom. The Morgan fingerprint density at radius 1 is 1.03 bits per heavy atom. The fourth-order valence-corrected chi connectivity index (χ4v) is 5.76. The smallest absolute Gasteiger partial charge is 0.247 e. The van der Waals surface area contributed by atoms with Crippen molar-refractivity contribution in [1.29, 1.82) is 0 Å². The zero-order valence-electron chi connectivity index (χ0n) is 24.2. The highest BCUT2D eigenvalue weighted by Crippen LogP contribution is 2.47. The van der Waals surface area contributed by atoms with Crippen LogP contribution >= 0.6 is 0 Å². The van der Waals surface area contributed by atoms with E-state index in [1.54, 1.807) is 11.0 Å². The first-order valence-corrected chi connectivity index (χ1v) is 15.2. The van der Waals surface area contributed by atoms with Crippen molar-refractivity contribution in [3.63, 3.8) is 0 Å². The predicted molar refractivity (Wildman–Crippen MR) is 155 cm³/mol. The molecule has 218 valence electrons. The number of ether oxygens (including phenoxy) is 1. The zero-order chi connectivity index (χ0) is 28.2. The van der Waals surface area contributed by atoms with Gasteiger partial charge in [-0.25, -0.2) is 0 Å². The number of aliphatic hydroxyl groups is 2. The molecule has 2 aliphatic rings. The summed E-state index contributed by atoms with van der Waals surface area (Å²) in [5.41, 5.74) is 1.35. The Morgan fingerprint density at radius 3 is 2.36 bits per heavy atom. The van der Waals surface area contributed by atoms with E-state index in [1.165, 1.54) is 38.5 Å². The van der Waals surface area contributed by atoms with Gasteiger partial charge in [-0.1, -0.05) is 90.3 Å². The van der Waals surface area contributed by atoms with Crippen LogP contribution in [0.5, 0.6) is 5.75 Å². The molecule has 3 rings (SSSR count). The molecule has 1 aromatic carbocycles. The first-order chi connectivity index (χ1) is 18.9. The monoisotopic (exact) mass is 542 g/mol. The highest BCUT2D eigenvalue weighted by atomic mass is 16.5. The molecular formula is C32H50N2O5. The summed E-state index contributed by atoms with van der Waals surface area (Å²) in [5, 5.41) is 23.6. The normalized spacial score (nSPS) is 21.6. The van der Waals surface area contributed by atoms with E-state index < -0.39 is 24.2 Å². The van der Waals surface area contributed by atoms with Crippen LogP contribution in [0.3, 0.4) is 0 Å². The number of unbranched alkanes of at least 4 members (excludes halogenated alkanes) is 8. The van der Waals surface area contributed by atoms with Gasteiger partial charge in [0.15, 0.2) is 0 Å². The molecule has 7 nitrogen and oxygen atoms in total. The largest absolute Gasteiger partial charge is 0.486 e. The number of rotatable bonds is 17. The molecule has 1 heterocycles. The van der Waals surface area contributed by atoms with Crippen molar-refractivity contribution in [2.75, 3.05) is 19.7 Å². The van der Waals surface area contributed by atoms with E-state index in [-0.39, 0.29) is 25.0 Å². The van der Waals surface area contributed by atoms with Crippen LogP contribution in [0, 0.1) is 5.92 Å². The summed E-state index contributed by atoms with van der Waals surface area (Å²) in [6, 6.07) is 6.89. The molecule has 1 aliphatic carbocycles. The topological polar surface area (TPSA) is 99.1 Å². The molecule has 1 aliphatic heterocycles. The maximum Gasteiger partial charge on any atom is 0.247 e. The van der Waals surface area contributed by atoms with E-state index in [2.05, 4.69) is 26.1 Å². The van der Waals surface area contributed by atoms with Crippen LogP contribution in [-0.4, -0.2) is 64.9 Å². The Labute approximate surface area is 235 Å². The van der Waals surface area contributed by atoms with Gasteiger partial charge in [-0.15, -0.1) is 0 Å². The molecule has 39 heavy (non-hydrogen) atoms. The van der Waals surface area contributed by atoms with Gasteiger partial charge in [0.2, 0.25) is 11.8 Å². The molecule has 1 aromatic rings. The molecule has 0 aromatic heterocycles. The molecule has 2 amide bonds. The van der Waals surface area contributed by atoms with Crippen LogP contribution in [0.4, 0.5) is 0 Å². The molecule has 7 heteroatoms. The minimum atomic E-state index is -0.962. The van der Waals surface area contributed by atoms with E-state index in [1.807, 2.05) is 24.3 Å². The Hall–Kier alpha value is -2.38. The van der Waals surface area contributed by atoms with Crippen molar-refractivity contribution >= 4 is 11.8 Å². The lowest BCUT2D eigenvalue weighted by Crippen LogP contribution is -2.56. The molecule has 3 N–H and O–H groups in total. The Kier molecular flexibility index (Phi) is 12.8. The molecule has 4 unspecified atom stereocenters. The van der Waals surface area contributed by atoms with Gasteiger partial charge in [-0.05, 0) is 30.9 Å². The van der Waals surface area contributed by atoms with E-state index in [4.69, 9.17) is 4.74 Å². The molecule has 0 saturated heterocycles. The summed E-state index contributed by atoms with van der Waals surface area (Å²) < 4.78 is 6.20. The number of para-hydroxylation sites is 1. The number of benzene rings is 1. The quantitative estimate of drug-likeness (QED) is 0.238. The maximum absolute atomic E-state index is 13.6. The van der Waals surface area contributed by atoms with Crippen molar-refractivity contribution in [2.45, 2.75) is 116 Å². The van der Waals surface area contributed by atoms with Crippen molar-refractivity contribution < 1.29 is 24.5 Å². The van der Waals surface area contributed by atoms with Gasteiger partial charge in [0.1, 0.15) is 18.0 Å². The molecule has 0 saturated carbocycles. The predicted octanol–water partition coefficient (Wildman–Crippen LogP) is 5.10. The highest BCUT2D eigenvalue weighted by Gasteiger charge is 2.50. The van der Waals surface area contributed by atoms with Gasteiger partial charge in [0, 0.05) is 30.6 Å². The average molecular weight is 543 g/mol. The number of hydrogen-bond donors (Lipinski definition) is 3. The summed E-state index contributed by atoms with van der Waals surface area (Å²) in [4.78, 5) is 28.6. The van der Waals surface area contributed by atoms with Crippen molar-refractivity contribution in [3.8, 4) is 5.75 Å². The number of amides is 2. The number of carbonyl (C=O) groups excluding carboxylic acids is 2. The van der Waals surface area contributed by atoms with Gasteiger partial charge in [0.05, 0.1) is 18.6 Å². The lowest BCUT2D eigenvalue weighted by atomic mass is 9.77. The number of fused-ring (bicyclic) bond motifs is 3. The van der Waals surface area contributed by atoms with Gasteiger partial charge >= 0.3 is 0 Å². The third-order valence-corrected chi connectivity index (χ3v) is 8.00. The third kappa shape index (κ3) is 8.55. The molecule has 0 radical (unpaired) electrons. The van der Waals surface area contributed by atoms with E-state index in [9.17, 15) is 19.8 Å². The fourth-order valence-electron chi connectivity index (χ4n) is 5.76. The van der Waals surface area contributed by atoms with Crippen LogP contribution in [0.15, 0.2) is 35.9 Å². The first-order valence-electron chi connectivity index (χ1n) is 15.2. The number of nitrogens with zero attached hydrogens (tertiary/aromatic N) is 1. The second-order valence-electron chi connectivity index (χ2n) is 11.5. The van der Waals surface area contributed by atoms with Gasteiger partial charge in [0.25, 0.3) is 0 Å². The van der Waals surface area contributed by atoms with Crippen molar-refractivity contribution in [1.82, 2.24) is 10.2 Å². The van der Waals surface area contributed by atoms with E-state index in [0.29, 0.717) is 30.2 Å². The fraction of sp³-hybridized carbons (Fsp3) is 0.688. The second kappa shape index (κ2) is 16.0. The lowest BCUT2D eigenvalue weighted by molar-refractivity contribution is -0.137. The van der Waals surface area contributed by atoms with Crippen LogP contribution in [0.2, 0.25) is 0 Å². The number of aliphatic hydroxyl groups excluding tert-OH is 2. The summed E-state index contributed by atoms with van der Waals surface area (Å²) >= 11 is 0. The lowest BCUT2D eigenvalue weighted by Gasteiger charge is -2.41.